The van der Waals surface area contributed by atoms with E-state index in [2.05, 4.69) is 10.3 Å². The lowest BCUT2D eigenvalue weighted by molar-refractivity contribution is 0.0952. The van der Waals surface area contributed by atoms with E-state index in [0.29, 0.717) is 17.8 Å². The van der Waals surface area contributed by atoms with Gasteiger partial charge in [0.15, 0.2) is 0 Å². The minimum absolute atomic E-state index is 0.0899. The Kier molecular flexibility index (Phi) is 4.20. The number of aryl methyl sites for hydroxylation is 1. The van der Waals surface area contributed by atoms with Crippen molar-refractivity contribution in [2.45, 2.75) is 6.92 Å². The molecular weight excluding hydrogens is 252 g/mol. The Hall–Kier alpha value is -2.14. The molecule has 1 heterocycles. The standard InChI is InChI=1S/C15H20N4O/c1-10-8-13(15(20)17-6-7-19(2)3)12-9-11(16)4-5-14(12)18-10/h4-5,8-9H,6-7,16H2,1-3H3,(H,17,20). The smallest absolute Gasteiger partial charge is 0.252 e. The summed E-state index contributed by atoms with van der Waals surface area (Å²) in [6, 6.07) is 7.23. The highest BCUT2D eigenvalue weighted by molar-refractivity contribution is 6.06. The fourth-order valence-electron chi connectivity index (χ4n) is 2.05. The van der Waals surface area contributed by atoms with E-state index in [1.54, 1.807) is 18.2 Å². The van der Waals surface area contributed by atoms with Gasteiger partial charge in [0, 0.05) is 29.9 Å². The van der Waals surface area contributed by atoms with Crippen LogP contribution in [0.25, 0.3) is 10.9 Å². The van der Waals surface area contributed by atoms with Crippen molar-refractivity contribution in [3.63, 3.8) is 0 Å². The number of amides is 1. The molecule has 0 saturated heterocycles. The van der Waals surface area contributed by atoms with Crippen LogP contribution in [0.4, 0.5) is 5.69 Å². The highest BCUT2D eigenvalue weighted by Crippen LogP contribution is 2.21. The molecule has 3 N–H and O–H groups in total. The van der Waals surface area contributed by atoms with Crippen LogP contribution in [0.2, 0.25) is 0 Å². The average Bonchev–Trinajstić information content (AvgIpc) is 2.37. The molecule has 5 nitrogen and oxygen atoms in total. The van der Waals surface area contributed by atoms with Crippen molar-refractivity contribution < 1.29 is 4.79 Å². The lowest BCUT2D eigenvalue weighted by atomic mass is 10.1. The Balaban J connectivity index is 2.32. The van der Waals surface area contributed by atoms with Gasteiger partial charge in [-0.2, -0.15) is 0 Å². The Morgan fingerprint density at radius 3 is 2.80 bits per heavy atom. The van der Waals surface area contributed by atoms with Crippen LogP contribution in [0.3, 0.4) is 0 Å². The SMILES string of the molecule is Cc1cc(C(=O)NCCN(C)C)c2cc(N)ccc2n1. The molecule has 0 radical (unpaired) electrons. The van der Waals surface area contributed by atoms with Crippen LogP contribution < -0.4 is 11.1 Å². The minimum atomic E-state index is -0.0899. The molecule has 0 aliphatic carbocycles. The van der Waals surface area contributed by atoms with Crippen molar-refractivity contribution in [2.75, 3.05) is 32.9 Å². The number of rotatable bonds is 4. The van der Waals surface area contributed by atoms with Crippen LogP contribution in [0.1, 0.15) is 16.1 Å². The number of pyridine rings is 1. The predicted molar refractivity (Wildman–Crippen MR) is 81.8 cm³/mol. The summed E-state index contributed by atoms with van der Waals surface area (Å²) in [4.78, 5) is 18.8. The number of aromatic nitrogens is 1. The first-order valence-electron chi connectivity index (χ1n) is 6.57. The van der Waals surface area contributed by atoms with Gasteiger partial charge >= 0.3 is 0 Å². The molecule has 0 saturated carbocycles. The van der Waals surface area contributed by atoms with Gasteiger partial charge in [0.05, 0.1) is 11.1 Å². The molecule has 0 aliphatic rings. The summed E-state index contributed by atoms with van der Waals surface area (Å²) >= 11 is 0. The largest absolute Gasteiger partial charge is 0.399 e. The maximum absolute atomic E-state index is 12.3. The number of likely N-dealkylation sites (N-methyl/N-ethyl adjacent to an activating group) is 1. The number of carbonyl (C=O) groups excluding carboxylic acids is 1. The summed E-state index contributed by atoms with van der Waals surface area (Å²) in [5, 5.41) is 3.71. The van der Waals surface area contributed by atoms with Gasteiger partial charge in [-0.15, -0.1) is 0 Å². The highest BCUT2D eigenvalue weighted by Gasteiger charge is 2.12. The van der Waals surface area contributed by atoms with Gasteiger partial charge < -0.3 is 16.0 Å². The van der Waals surface area contributed by atoms with E-state index in [1.807, 2.05) is 32.0 Å². The number of hydrogen-bond acceptors (Lipinski definition) is 4. The number of nitrogen functional groups attached to an aromatic ring is 1. The molecule has 1 aromatic heterocycles. The molecule has 1 aromatic carbocycles. The number of fused-ring (bicyclic) bond motifs is 1. The zero-order valence-electron chi connectivity index (χ0n) is 12.1. The fourth-order valence-corrected chi connectivity index (χ4v) is 2.05. The Bertz CT molecular complexity index is 637. The van der Waals surface area contributed by atoms with Crippen molar-refractivity contribution in [2.24, 2.45) is 0 Å². The topological polar surface area (TPSA) is 71.2 Å². The summed E-state index contributed by atoms with van der Waals surface area (Å²) < 4.78 is 0. The Morgan fingerprint density at radius 2 is 2.10 bits per heavy atom. The van der Waals surface area contributed by atoms with Gasteiger partial charge in [-0.25, -0.2) is 0 Å². The van der Waals surface area contributed by atoms with E-state index >= 15 is 0 Å². The highest BCUT2D eigenvalue weighted by atomic mass is 16.1. The molecule has 0 spiro atoms. The number of hydrogen-bond donors (Lipinski definition) is 2. The average molecular weight is 272 g/mol. The second-order valence-electron chi connectivity index (χ2n) is 5.15. The van der Waals surface area contributed by atoms with Crippen molar-refractivity contribution in [3.05, 3.63) is 35.5 Å². The van der Waals surface area contributed by atoms with Crippen LogP contribution >= 0.6 is 0 Å². The van der Waals surface area contributed by atoms with Crippen molar-refractivity contribution in [3.8, 4) is 0 Å². The third-order valence-electron chi connectivity index (χ3n) is 3.05. The lowest BCUT2D eigenvalue weighted by Gasteiger charge is -2.12. The molecule has 0 aliphatic heterocycles. The number of nitrogens with zero attached hydrogens (tertiary/aromatic N) is 2. The lowest BCUT2D eigenvalue weighted by Crippen LogP contribution is -2.31. The van der Waals surface area contributed by atoms with Gasteiger partial charge in [-0.3, -0.25) is 9.78 Å². The second kappa shape index (κ2) is 5.88. The molecule has 2 aromatic rings. The monoisotopic (exact) mass is 272 g/mol. The van der Waals surface area contributed by atoms with Gasteiger partial charge in [-0.05, 0) is 45.3 Å². The summed E-state index contributed by atoms with van der Waals surface area (Å²) in [5.41, 5.74) is 8.67. The first-order chi connectivity index (χ1) is 9.47. The molecule has 5 heteroatoms. The van der Waals surface area contributed by atoms with Crippen LogP contribution in [-0.4, -0.2) is 43.0 Å². The van der Waals surface area contributed by atoms with Gasteiger partial charge in [-0.1, -0.05) is 0 Å². The van der Waals surface area contributed by atoms with Crippen molar-refractivity contribution in [1.82, 2.24) is 15.2 Å². The second-order valence-corrected chi connectivity index (χ2v) is 5.15. The van der Waals surface area contributed by atoms with Crippen LogP contribution in [0, 0.1) is 6.92 Å². The molecule has 0 fully saturated rings. The molecule has 0 bridgehead atoms. The Labute approximate surface area is 118 Å². The number of nitrogens with one attached hydrogen (secondary N) is 1. The number of benzene rings is 1. The van der Waals surface area contributed by atoms with Crippen molar-refractivity contribution in [1.29, 1.82) is 0 Å². The quantitative estimate of drug-likeness (QED) is 0.826. The van der Waals surface area contributed by atoms with E-state index in [9.17, 15) is 4.79 Å². The number of carbonyl (C=O) groups is 1. The first-order valence-corrected chi connectivity index (χ1v) is 6.57. The van der Waals surface area contributed by atoms with E-state index in [-0.39, 0.29) is 5.91 Å². The van der Waals surface area contributed by atoms with Crippen LogP contribution in [0.5, 0.6) is 0 Å². The van der Waals surface area contributed by atoms with E-state index in [1.165, 1.54) is 0 Å². The number of nitrogens with two attached hydrogens (primary N) is 1. The summed E-state index contributed by atoms with van der Waals surface area (Å²) in [5.74, 6) is -0.0899. The van der Waals surface area contributed by atoms with E-state index in [0.717, 1.165) is 23.1 Å². The Morgan fingerprint density at radius 1 is 1.35 bits per heavy atom. The predicted octanol–water partition coefficient (Wildman–Crippen LogP) is 1.42. The van der Waals surface area contributed by atoms with Crippen molar-refractivity contribution >= 4 is 22.5 Å². The maximum atomic E-state index is 12.3. The first kappa shape index (κ1) is 14.3. The van der Waals surface area contributed by atoms with Gasteiger partial charge in [0.2, 0.25) is 0 Å². The normalized spacial score (nSPS) is 11.0. The molecule has 2 rings (SSSR count). The molecule has 0 atom stereocenters. The molecular formula is C15H20N4O. The van der Waals surface area contributed by atoms with Crippen LogP contribution in [-0.2, 0) is 0 Å². The van der Waals surface area contributed by atoms with E-state index in [4.69, 9.17) is 5.73 Å². The van der Waals surface area contributed by atoms with Crippen LogP contribution in [0.15, 0.2) is 24.3 Å². The third-order valence-corrected chi connectivity index (χ3v) is 3.05. The third kappa shape index (κ3) is 3.24. The summed E-state index contributed by atoms with van der Waals surface area (Å²) in [6.07, 6.45) is 0. The summed E-state index contributed by atoms with van der Waals surface area (Å²) in [7, 11) is 3.94. The number of anilines is 1. The minimum Gasteiger partial charge on any atom is -0.399 e. The van der Waals surface area contributed by atoms with E-state index < -0.39 is 0 Å². The zero-order valence-corrected chi connectivity index (χ0v) is 12.1. The van der Waals surface area contributed by atoms with Gasteiger partial charge in [0.1, 0.15) is 0 Å². The molecule has 1 amide bonds. The fraction of sp³-hybridized carbons (Fsp3) is 0.333. The zero-order chi connectivity index (χ0) is 14.7. The molecule has 106 valence electrons. The maximum Gasteiger partial charge on any atom is 0.252 e. The molecule has 20 heavy (non-hydrogen) atoms. The summed E-state index contributed by atoms with van der Waals surface area (Å²) in [6.45, 7) is 3.29. The van der Waals surface area contributed by atoms with Gasteiger partial charge in [0.25, 0.3) is 5.91 Å². The molecule has 0 unspecified atom stereocenters.